The molecule has 0 spiro atoms. The van der Waals surface area contributed by atoms with Crippen molar-refractivity contribution in [3.8, 4) is 17.2 Å². The van der Waals surface area contributed by atoms with E-state index in [1.165, 1.54) is 25.3 Å². The van der Waals surface area contributed by atoms with Gasteiger partial charge in [0.05, 0.1) is 18.2 Å². The van der Waals surface area contributed by atoms with E-state index in [9.17, 15) is 27.9 Å². The fraction of sp³-hybridized carbons (Fsp3) is 0.241. The predicted molar refractivity (Wildman–Crippen MR) is 138 cm³/mol. The maximum atomic E-state index is 13.6. The van der Waals surface area contributed by atoms with Gasteiger partial charge in [-0.25, -0.2) is 4.79 Å². The van der Waals surface area contributed by atoms with Gasteiger partial charge in [-0.05, 0) is 67.4 Å². The highest BCUT2D eigenvalue weighted by molar-refractivity contribution is 6.17. The highest BCUT2D eigenvalue weighted by atomic mass is 19.4. The monoisotopic (exact) mass is 541 g/mol. The number of aliphatic carboxylic acids is 1. The number of aromatic nitrogens is 1. The smallest absolute Gasteiger partial charge is 0.497 e. The van der Waals surface area contributed by atoms with Crippen LogP contribution in [0.2, 0.25) is 0 Å². The Hall–Kier alpha value is -4.47. The van der Waals surface area contributed by atoms with E-state index < -0.39 is 24.2 Å². The summed E-state index contributed by atoms with van der Waals surface area (Å²) in [6.07, 6.45) is -5.64. The first kappa shape index (κ1) is 27.6. The number of carbonyl (C=O) groups excluding carboxylic acids is 1. The van der Waals surface area contributed by atoms with Gasteiger partial charge >= 0.3 is 12.3 Å². The van der Waals surface area contributed by atoms with Crippen LogP contribution in [0.5, 0.6) is 17.2 Å². The number of nitrogens with zero attached hydrogens (tertiary/aromatic N) is 1. The molecule has 7 nitrogen and oxygen atoms in total. The van der Waals surface area contributed by atoms with Gasteiger partial charge in [0.15, 0.2) is 11.9 Å². The van der Waals surface area contributed by atoms with Gasteiger partial charge in [-0.3, -0.25) is 4.79 Å². The van der Waals surface area contributed by atoms with Gasteiger partial charge in [-0.1, -0.05) is 19.1 Å². The molecule has 1 atom stereocenters. The first-order chi connectivity index (χ1) is 18.5. The quantitative estimate of drug-likeness (QED) is 0.235. The molecule has 0 radical (unpaired) electrons. The lowest BCUT2D eigenvalue weighted by Crippen LogP contribution is -2.25. The van der Waals surface area contributed by atoms with Crippen molar-refractivity contribution in [2.24, 2.45) is 0 Å². The number of hydrogen-bond acceptors (Lipinski definition) is 5. The third-order valence-electron chi connectivity index (χ3n) is 6.27. The van der Waals surface area contributed by atoms with Crippen LogP contribution in [0.15, 0.2) is 66.7 Å². The molecule has 10 heteroatoms. The van der Waals surface area contributed by atoms with Crippen molar-refractivity contribution in [1.82, 2.24) is 4.57 Å². The minimum absolute atomic E-state index is 0.175. The second-order valence-electron chi connectivity index (χ2n) is 8.83. The number of carbonyl (C=O) groups is 2. The Morgan fingerprint density at radius 3 is 2.28 bits per heavy atom. The Kier molecular flexibility index (Phi) is 7.85. The number of carboxylic acid groups (broad SMARTS) is 1. The lowest BCUT2D eigenvalue weighted by atomic mass is 10.0. The third-order valence-corrected chi connectivity index (χ3v) is 6.27. The van der Waals surface area contributed by atoms with Crippen LogP contribution in [0.1, 0.15) is 40.5 Å². The molecule has 0 aliphatic heterocycles. The van der Waals surface area contributed by atoms with Gasteiger partial charge in [-0.2, -0.15) is 0 Å². The number of ether oxygens (including phenoxy) is 3. The third kappa shape index (κ3) is 6.17. The zero-order chi connectivity index (χ0) is 28.3. The summed E-state index contributed by atoms with van der Waals surface area (Å²) in [5, 5.41) is 9.78. The van der Waals surface area contributed by atoms with Crippen molar-refractivity contribution in [3.05, 3.63) is 89.1 Å². The molecule has 204 valence electrons. The van der Waals surface area contributed by atoms with E-state index >= 15 is 0 Å². The SMILES string of the molecule is CC[C@H](Oc1cccc(Cn2c(C)c(C(=O)c3ccc(OC)cc3)c3ccc(OC(F)(F)F)cc32)c1)C(=O)O. The van der Waals surface area contributed by atoms with Crippen LogP contribution in [0, 0.1) is 6.92 Å². The number of benzene rings is 3. The lowest BCUT2D eigenvalue weighted by Gasteiger charge is -2.15. The molecule has 0 bridgehead atoms. The zero-order valence-corrected chi connectivity index (χ0v) is 21.4. The van der Waals surface area contributed by atoms with Crippen LogP contribution in [0.3, 0.4) is 0 Å². The molecule has 4 rings (SSSR count). The topological polar surface area (TPSA) is 87.0 Å². The zero-order valence-electron chi connectivity index (χ0n) is 21.4. The van der Waals surface area contributed by atoms with Crippen LogP contribution < -0.4 is 14.2 Å². The van der Waals surface area contributed by atoms with E-state index in [1.807, 2.05) is 0 Å². The molecule has 1 aromatic heterocycles. The van der Waals surface area contributed by atoms with Crippen LogP contribution in [-0.2, 0) is 11.3 Å². The molecule has 0 saturated carbocycles. The summed E-state index contributed by atoms with van der Waals surface area (Å²) in [4.78, 5) is 25.0. The second-order valence-corrected chi connectivity index (χ2v) is 8.83. The minimum Gasteiger partial charge on any atom is -0.497 e. The van der Waals surface area contributed by atoms with Gasteiger partial charge in [0.25, 0.3) is 0 Å². The molecular weight excluding hydrogens is 515 g/mol. The first-order valence-electron chi connectivity index (χ1n) is 12.1. The fourth-order valence-electron chi connectivity index (χ4n) is 4.40. The Labute approximate surface area is 222 Å². The number of hydrogen-bond donors (Lipinski definition) is 1. The summed E-state index contributed by atoms with van der Waals surface area (Å²) in [7, 11) is 1.51. The largest absolute Gasteiger partial charge is 0.573 e. The standard InChI is InChI=1S/C29H26F3NO6/c1-4-25(28(35)36)38-21-7-5-6-18(14-21)16-33-17(2)26(27(34)19-8-10-20(37-3)11-9-19)23-13-12-22(15-24(23)33)39-29(30,31)32/h5-15,25H,4,16H2,1-3H3,(H,35,36)/t25-/m0/s1. The highest BCUT2D eigenvalue weighted by Gasteiger charge is 2.32. The van der Waals surface area contributed by atoms with E-state index in [0.29, 0.717) is 44.8 Å². The van der Waals surface area contributed by atoms with Gasteiger partial charge in [-0.15, -0.1) is 13.2 Å². The van der Waals surface area contributed by atoms with Crippen LogP contribution in [0.25, 0.3) is 10.9 Å². The minimum atomic E-state index is -4.88. The maximum absolute atomic E-state index is 13.6. The van der Waals surface area contributed by atoms with E-state index in [1.54, 1.807) is 66.9 Å². The normalized spacial score (nSPS) is 12.3. The Morgan fingerprint density at radius 2 is 1.67 bits per heavy atom. The summed E-state index contributed by atoms with van der Waals surface area (Å²) < 4.78 is 55.5. The van der Waals surface area contributed by atoms with Crippen molar-refractivity contribution in [2.45, 2.75) is 39.3 Å². The molecule has 3 aromatic carbocycles. The summed E-state index contributed by atoms with van der Waals surface area (Å²) in [6, 6.07) is 17.2. The molecule has 0 amide bonds. The maximum Gasteiger partial charge on any atom is 0.573 e. The molecule has 39 heavy (non-hydrogen) atoms. The number of alkyl halides is 3. The molecular formula is C29H26F3NO6. The summed E-state index contributed by atoms with van der Waals surface area (Å²) in [6.45, 7) is 3.59. The molecule has 0 aliphatic carbocycles. The fourth-order valence-corrected chi connectivity index (χ4v) is 4.40. The molecule has 1 heterocycles. The number of carboxylic acids is 1. The van der Waals surface area contributed by atoms with Gasteiger partial charge in [0.1, 0.15) is 17.2 Å². The molecule has 1 N–H and O–H groups in total. The molecule has 0 aliphatic rings. The lowest BCUT2D eigenvalue weighted by molar-refractivity contribution is -0.274. The summed E-state index contributed by atoms with van der Waals surface area (Å²) in [5.41, 5.74) is 2.34. The number of ketones is 1. The second kappa shape index (κ2) is 11.1. The Balaban J connectivity index is 1.79. The van der Waals surface area contributed by atoms with Crippen molar-refractivity contribution in [2.75, 3.05) is 7.11 Å². The summed E-state index contributed by atoms with van der Waals surface area (Å²) >= 11 is 0. The number of fused-ring (bicyclic) bond motifs is 1. The molecule has 0 unspecified atom stereocenters. The van der Waals surface area contributed by atoms with Gasteiger partial charge in [0, 0.05) is 29.3 Å². The van der Waals surface area contributed by atoms with Crippen LogP contribution >= 0.6 is 0 Å². The average Bonchev–Trinajstić information content (AvgIpc) is 3.16. The van der Waals surface area contributed by atoms with E-state index in [0.717, 1.165) is 0 Å². The van der Waals surface area contributed by atoms with Crippen LogP contribution in [-0.4, -0.2) is 41.0 Å². The van der Waals surface area contributed by atoms with E-state index in [-0.39, 0.29) is 18.7 Å². The molecule has 0 fully saturated rings. The van der Waals surface area contributed by atoms with Crippen molar-refractivity contribution in [3.63, 3.8) is 0 Å². The van der Waals surface area contributed by atoms with Crippen molar-refractivity contribution >= 4 is 22.7 Å². The van der Waals surface area contributed by atoms with E-state index in [2.05, 4.69) is 4.74 Å². The first-order valence-corrected chi connectivity index (χ1v) is 12.1. The number of halogens is 3. The van der Waals surface area contributed by atoms with Gasteiger partial charge in [0.2, 0.25) is 0 Å². The predicted octanol–water partition coefficient (Wildman–Crippen LogP) is 6.38. The number of rotatable bonds is 10. The van der Waals surface area contributed by atoms with Crippen LogP contribution in [0.4, 0.5) is 13.2 Å². The van der Waals surface area contributed by atoms with E-state index in [4.69, 9.17) is 9.47 Å². The highest BCUT2D eigenvalue weighted by Crippen LogP contribution is 2.34. The summed E-state index contributed by atoms with van der Waals surface area (Å²) in [5.74, 6) is -0.885. The molecule has 0 saturated heterocycles. The van der Waals surface area contributed by atoms with Gasteiger partial charge < -0.3 is 23.9 Å². The van der Waals surface area contributed by atoms with Crippen molar-refractivity contribution in [1.29, 1.82) is 0 Å². The number of methoxy groups -OCH3 is 1. The molecule has 4 aromatic rings. The Bertz CT molecular complexity index is 1510. The van der Waals surface area contributed by atoms with Crippen molar-refractivity contribution < 1.29 is 42.1 Å². The average molecular weight is 542 g/mol. The Morgan fingerprint density at radius 1 is 0.974 bits per heavy atom.